The summed E-state index contributed by atoms with van der Waals surface area (Å²) in [6.45, 7) is 12.7. The molecule has 0 atom stereocenters. The molecule has 0 amide bonds. The summed E-state index contributed by atoms with van der Waals surface area (Å²) in [6, 6.07) is 27.3. The largest absolute Gasteiger partial charge is 0.397 e. The summed E-state index contributed by atoms with van der Waals surface area (Å²) < 4.78 is 54.0. The molecular weight excluding hydrogens is 903 g/mol. The minimum absolute atomic E-state index is 0.0265. The van der Waals surface area contributed by atoms with Crippen LogP contribution in [0.1, 0.15) is 71.2 Å². The van der Waals surface area contributed by atoms with Crippen LogP contribution in [0, 0.1) is 0 Å². The maximum Gasteiger partial charge on any atom is 0.321 e. The van der Waals surface area contributed by atoms with Crippen molar-refractivity contribution in [1.29, 1.82) is 0 Å². The van der Waals surface area contributed by atoms with E-state index in [2.05, 4.69) is 83.1 Å². The van der Waals surface area contributed by atoms with Gasteiger partial charge in [-0.1, -0.05) is 94.2 Å². The van der Waals surface area contributed by atoms with Crippen molar-refractivity contribution in [3.63, 3.8) is 0 Å². The highest BCUT2D eigenvalue weighted by atomic mass is 35.7. The van der Waals surface area contributed by atoms with Crippen LogP contribution in [0.25, 0.3) is 28.6 Å². The lowest BCUT2D eigenvalue weighted by Crippen LogP contribution is -2.17. The normalized spacial score (nSPS) is 12.4. The number of benzene rings is 4. The number of nitrogens with two attached hydrogens (primary N) is 1. The van der Waals surface area contributed by atoms with Gasteiger partial charge in [0.2, 0.25) is 11.3 Å². The predicted molar refractivity (Wildman–Crippen MR) is 252 cm³/mol. The molecule has 0 bridgehead atoms. The Morgan fingerprint density at radius 3 is 1.90 bits per heavy atom. The highest BCUT2D eigenvalue weighted by Gasteiger charge is 2.24. The van der Waals surface area contributed by atoms with Gasteiger partial charge in [-0.2, -0.15) is 4.68 Å². The molecule has 0 unspecified atom stereocenters. The number of halogens is 3. The van der Waals surface area contributed by atoms with Gasteiger partial charge in [-0.15, -0.1) is 5.10 Å². The molecule has 1 aliphatic rings. The van der Waals surface area contributed by atoms with Crippen molar-refractivity contribution < 1.29 is 16.8 Å². The topological polar surface area (TPSA) is 193 Å². The molecule has 63 heavy (non-hydrogen) atoms. The van der Waals surface area contributed by atoms with E-state index < -0.39 is 19.1 Å². The highest BCUT2D eigenvalue weighted by Crippen LogP contribution is 2.32. The number of pyridine rings is 1. The molecule has 3 N–H and O–H groups in total. The molecule has 0 fully saturated rings. The Labute approximate surface area is 381 Å². The maximum atomic E-state index is 13.1. The van der Waals surface area contributed by atoms with E-state index in [0.29, 0.717) is 49.8 Å². The molecular formula is C44H44Cl3N10O4S2+. The second kappa shape index (κ2) is 18.9. The number of nitrogens with one attached hydrogen (secondary N) is 1. The van der Waals surface area contributed by atoms with Crippen LogP contribution >= 0.6 is 33.9 Å². The summed E-state index contributed by atoms with van der Waals surface area (Å²) in [6.07, 6.45) is 9.79. The van der Waals surface area contributed by atoms with Crippen molar-refractivity contribution in [1.82, 2.24) is 35.0 Å². The van der Waals surface area contributed by atoms with Crippen molar-refractivity contribution in [2.24, 2.45) is 4.99 Å². The Morgan fingerprint density at radius 2 is 1.30 bits per heavy atom. The summed E-state index contributed by atoms with van der Waals surface area (Å²) in [5.74, 6) is 0.520. The molecule has 1 aliphatic heterocycles. The Morgan fingerprint density at radius 1 is 0.730 bits per heavy atom. The van der Waals surface area contributed by atoms with Gasteiger partial charge in [0.1, 0.15) is 11.6 Å². The van der Waals surface area contributed by atoms with E-state index in [0.717, 1.165) is 29.7 Å². The minimum Gasteiger partial charge on any atom is -0.397 e. The van der Waals surface area contributed by atoms with Gasteiger partial charge in [0.15, 0.2) is 6.21 Å². The second-order valence-electron chi connectivity index (χ2n) is 15.6. The number of nitrogen functional groups attached to an aromatic ring is 1. The van der Waals surface area contributed by atoms with Gasteiger partial charge in [0.25, 0.3) is 19.1 Å². The quantitative estimate of drug-likeness (QED) is 0.0757. The zero-order valence-corrected chi connectivity index (χ0v) is 39.0. The molecule has 7 aromatic rings. The van der Waals surface area contributed by atoms with Crippen LogP contribution in [0.5, 0.6) is 0 Å². The van der Waals surface area contributed by atoms with Crippen molar-refractivity contribution in [2.45, 2.75) is 75.0 Å². The van der Waals surface area contributed by atoms with E-state index in [-0.39, 0.29) is 20.6 Å². The highest BCUT2D eigenvalue weighted by molar-refractivity contribution is 8.13. The van der Waals surface area contributed by atoms with Gasteiger partial charge < -0.3 is 5.73 Å². The number of hydrogen-bond acceptors (Lipinski definition) is 11. The van der Waals surface area contributed by atoms with Gasteiger partial charge in [-0.25, -0.2) is 26.5 Å². The molecule has 0 saturated heterocycles. The second-order valence-corrected chi connectivity index (χ2v) is 20.7. The van der Waals surface area contributed by atoms with Crippen LogP contribution in [-0.2, 0) is 29.9 Å². The maximum absolute atomic E-state index is 13.1. The standard InChI is InChI=1S/C22H22ClN5O2S.C11H7ClN5.C11H15ClO2S/c1-4-22(2,3)15-7-10-17(11-8-15)31(29,30)26-18-12-9-16(23)14-20(18)28-19-6-5-13-24-21(19)25-27-28;12-7-3-4-8(13)10(6-7)17-9-2-1-5-14-11(9)15-16-17;1-4-11(2,3)9-5-7-10(8-6-9)15(12,13)14/h5-14,26H,4H2,1-3H3;1-4,6H,13H2;5-8H,4H2,1-3H3/q;+1;. The number of sulfonamides is 1. The molecule has 326 valence electrons. The number of fused-ring (bicyclic) bond motifs is 2. The van der Waals surface area contributed by atoms with Gasteiger partial charge >= 0.3 is 5.82 Å². The Kier molecular flexibility index (Phi) is 14.1. The first kappa shape index (κ1) is 46.8. The van der Waals surface area contributed by atoms with Gasteiger partial charge in [-0.05, 0) is 123 Å². The number of aliphatic imine (C=N–C) groups is 1. The number of anilines is 2. The molecule has 3 aromatic heterocycles. The fraction of sp³-hybridized carbons (Fsp3) is 0.227. The Balaban J connectivity index is 0.000000174. The summed E-state index contributed by atoms with van der Waals surface area (Å²) in [4.78, 5) is 8.48. The van der Waals surface area contributed by atoms with E-state index in [1.54, 1.807) is 89.8 Å². The molecule has 4 aromatic carbocycles. The van der Waals surface area contributed by atoms with Gasteiger partial charge in [0.05, 0.1) is 38.6 Å². The van der Waals surface area contributed by atoms with Crippen molar-refractivity contribution in [2.75, 3.05) is 10.5 Å². The molecule has 4 heterocycles. The molecule has 0 saturated carbocycles. The molecule has 8 rings (SSSR count). The van der Waals surface area contributed by atoms with Crippen LogP contribution in [0.4, 0.5) is 17.2 Å². The number of allylic oxidation sites excluding steroid dienone is 1. The van der Waals surface area contributed by atoms with Crippen molar-refractivity contribution >= 4 is 93.6 Å². The van der Waals surface area contributed by atoms with Crippen molar-refractivity contribution in [3.05, 3.63) is 136 Å². The fourth-order valence-corrected chi connectivity index (χ4v) is 8.25. The zero-order valence-electron chi connectivity index (χ0n) is 35.1. The predicted octanol–water partition coefficient (Wildman–Crippen LogP) is 10.4. The van der Waals surface area contributed by atoms with Gasteiger partial charge in [-0.3, -0.25) is 4.72 Å². The lowest BCUT2D eigenvalue weighted by Gasteiger charge is -2.23. The summed E-state index contributed by atoms with van der Waals surface area (Å²) in [5.41, 5.74) is 12.0. The third-order valence-electron chi connectivity index (χ3n) is 10.7. The molecule has 14 nitrogen and oxygen atoms in total. The van der Waals surface area contributed by atoms with E-state index in [1.807, 2.05) is 30.3 Å². The minimum atomic E-state index is -3.83. The average Bonchev–Trinajstić information content (AvgIpc) is 3.90. The third-order valence-corrected chi connectivity index (χ3v) is 13.9. The molecule has 0 aliphatic carbocycles. The zero-order chi connectivity index (χ0) is 45.7. The van der Waals surface area contributed by atoms with E-state index in [4.69, 9.17) is 39.6 Å². The first-order chi connectivity index (χ1) is 29.7. The average molecular weight is 947 g/mol. The van der Waals surface area contributed by atoms with Crippen LogP contribution < -0.4 is 10.5 Å². The van der Waals surface area contributed by atoms with E-state index >= 15 is 0 Å². The van der Waals surface area contributed by atoms with Crippen LogP contribution in [-0.4, -0.2) is 58.0 Å². The molecule has 0 spiro atoms. The third kappa shape index (κ3) is 10.9. The van der Waals surface area contributed by atoms with Crippen molar-refractivity contribution in [3.8, 4) is 11.4 Å². The first-order valence-corrected chi connectivity index (χ1v) is 24.1. The number of rotatable bonds is 10. The van der Waals surface area contributed by atoms with Crippen LogP contribution in [0.3, 0.4) is 0 Å². The molecule has 0 radical (unpaired) electrons. The summed E-state index contributed by atoms with van der Waals surface area (Å²) >= 11 is 12.1. The molecule has 19 heteroatoms. The number of hydrogen-bond donors (Lipinski definition) is 2. The van der Waals surface area contributed by atoms with Crippen LogP contribution in [0.15, 0.2) is 124 Å². The monoisotopic (exact) mass is 945 g/mol. The van der Waals surface area contributed by atoms with E-state index in [1.165, 1.54) is 4.68 Å². The van der Waals surface area contributed by atoms with Crippen LogP contribution in [0.2, 0.25) is 10.0 Å². The SMILES string of the molecule is CCC(C)(C)c1ccc(S(=O)(=O)Cl)cc1.CCC(C)(C)c1ccc(S(=O)(=O)Nc2ccc(Cl)cc2-n2nnc3ncccc32)cc1.Nc1ccc(Cl)cc1-n1nnc2c1C=C[C+]=N2. The first-order valence-electron chi connectivity index (χ1n) is 19.5. The number of nitrogens with zero attached hydrogens (tertiary/aromatic N) is 8. The Bertz CT molecular complexity index is 3040. The van der Waals surface area contributed by atoms with Gasteiger partial charge in [0, 0.05) is 26.9 Å². The summed E-state index contributed by atoms with van der Waals surface area (Å²) in [5, 5.41) is 17.2. The van der Waals surface area contributed by atoms with E-state index in [9.17, 15) is 16.8 Å². The number of aromatic nitrogens is 7. The lowest BCUT2D eigenvalue weighted by molar-refractivity contribution is 0.505. The fourth-order valence-electron chi connectivity index (χ4n) is 6.08. The summed E-state index contributed by atoms with van der Waals surface area (Å²) in [7, 11) is -2.20. The lowest BCUT2D eigenvalue weighted by atomic mass is 9.82. The smallest absolute Gasteiger partial charge is 0.321 e. The Hall–Kier alpha value is -5.74.